The fourth-order valence-electron chi connectivity index (χ4n) is 2.13. The fourth-order valence-corrected chi connectivity index (χ4v) is 3.00. The van der Waals surface area contributed by atoms with E-state index >= 15 is 0 Å². The summed E-state index contributed by atoms with van der Waals surface area (Å²) in [4.78, 5) is 16.1. The lowest BCUT2D eigenvalue weighted by Gasteiger charge is -2.21. The third kappa shape index (κ3) is 3.42. The largest absolute Gasteiger partial charge is 0.355 e. The third-order valence-corrected chi connectivity index (χ3v) is 4.49. The molecule has 0 N–H and O–H groups in total. The summed E-state index contributed by atoms with van der Waals surface area (Å²) in [7, 11) is -3.18. The molecule has 1 aliphatic heterocycles. The molecule has 0 aliphatic carbocycles. The van der Waals surface area contributed by atoms with E-state index in [0.29, 0.717) is 38.4 Å². The lowest BCUT2D eigenvalue weighted by molar-refractivity contribution is -0.385. The smallest absolute Gasteiger partial charge is 0.287 e. The molecule has 0 spiro atoms. The van der Waals surface area contributed by atoms with E-state index in [-0.39, 0.29) is 5.69 Å². The molecule has 0 radical (unpaired) electrons. The van der Waals surface area contributed by atoms with Gasteiger partial charge in [0.1, 0.15) is 12.0 Å². The van der Waals surface area contributed by atoms with E-state index in [1.165, 1.54) is 22.8 Å². The topological polar surface area (TPSA) is 96.7 Å². The summed E-state index contributed by atoms with van der Waals surface area (Å²) in [5.74, 6) is 0.631. The first kappa shape index (κ1) is 14.7. The second-order valence-corrected chi connectivity index (χ2v) is 6.62. The van der Waals surface area contributed by atoms with Crippen LogP contribution in [0.15, 0.2) is 18.3 Å². The Labute approximate surface area is 117 Å². The third-order valence-electron chi connectivity index (χ3n) is 3.19. The molecule has 1 aromatic rings. The molecule has 0 atom stereocenters. The number of hydrogen-bond acceptors (Lipinski definition) is 6. The van der Waals surface area contributed by atoms with Crippen LogP contribution >= 0.6 is 0 Å². The maximum Gasteiger partial charge on any atom is 0.287 e. The Morgan fingerprint density at radius 3 is 2.55 bits per heavy atom. The van der Waals surface area contributed by atoms with Gasteiger partial charge >= 0.3 is 0 Å². The van der Waals surface area contributed by atoms with Crippen molar-refractivity contribution in [3.8, 4) is 0 Å². The lowest BCUT2D eigenvalue weighted by Crippen LogP contribution is -2.34. The molecule has 0 aromatic carbocycles. The molecule has 2 heterocycles. The van der Waals surface area contributed by atoms with Crippen molar-refractivity contribution in [2.75, 3.05) is 37.3 Å². The summed E-state index contributed by atoms with van der Waals surface area (Å²) >= 11 is 0. The summed E-state index contributed by atoms with van der Waals surface area (Å²) in [6, 6.07) is 3.00. The Morgan fingerprint density at radius 1 is 1.25 bits per heavy atom. The molecule has 1 aliphatic rings. The van der Waals surface area contributed by atoms with Gasteiger partial charge in [0.2, 0.25) is 10.0 Å². The second kappa shape index (κ2) is 5.71. The van der Waals surface area contributed by atoms with E-state index in [1.54, 1.807) is 6.07 Å². The first-order chi connectivity index (χ1) is 9.38. The Kier molecular flexibility index (Phi) is 4.19. The predicted octanol–water partition coefficient (Wildman–Crippen LogP) is 0.461. The predicted molar refractivity (Wildman–Crippen MR) is 74.1 cm³/mol. The van der Waals surface area contributed by atoms with Crippen LogP contribution in [0.25, 0.3) is 0 Å². The van der Waals surface area contributed by atoms with Gasteiger partial charge < -0.3 is 4.90 Å². The van der Waals surface area contributed by atoms with Crippen molar-refractivity contribution in [1.82, 2.24) is 9.29 Å². The van der Waals surface area contributed by atoms with Gasteiger partial charge in [-0.05, 0) is 12.5 Å². The average Bonchev–Trinajstić information content (AvgIpc) is 2.64. The van der Waals surface area contributed by atoms with Gasteiger partial charge in [0.15, 0.2) is 0 Å². The van der Waals surface area contributed by atoms with Gasteiger partial charge in [0.25, 0.3) is 5.69 Å². The zero-order valence-electron chi connectivity index (χ0n) is 11.1. The van der Waals surface area contributed by atoms with Gasteiger partial charge in [0.05, 0.1) is 11.2 Å². The Hall–Kier alpha value is -1.74. The molecule has 0 unspecified atom stereocenters. The van der Waals surface area contributed by atoms with Crippen molar-refractivity contribution in [1.29, 1.82) is 0 Å². The number of sulfonamides is 1. The number of hydrogen-bond donors (Lipinski definition) is 0. The quantitative estimate of drug-likeness (QED) is 0.594. The normalized spacial score (nSPS) is 17.8. The zero-order valence-corrected chi connectivity index (χ0v) is 11.9. The first-order valence-corrected chi connectivity index (χ1v) is 8.03. The van der Waals surface area contributed by atoms with Crippen LogP contribution in [0.4, 0.5) is 11.5 Å². The summed E-state index contributed by atoms with van der Waals surface area (Å²) in [5.41, 5.74) is -0.0543. The van der Waals surface area contributed by atoms with Crippen molar-refractivity contribution < 1.29 is 13.3 Å². The minimum atomic E-state index is -3.18. The summed E-state index contributed by atoms with van der Waals surface area (Å²) in [6.07, 6.45) is 3.12. The number of aromatic nitrogens is 1. The highest BCUT2D eigenvalue weighted by Crippen LogP contribution is 2.18. The molecular formula is C11H16N4O4S. The lowest BCUT2D eigenvalue weighted by atomic mass is 10.3. The minimum absolute atomic E-state index is 0.0543. The summed E-state index contributed by atoms with van der Waals surface area (Å²) < 4.78 is 24.5. The Morgan fingerprint density at radius 2 is 2.00 bits per heavy atom. The Balaban J connectivity index is 2.09. The maximum absolute atomic E-state index is 11.5. The maximum atomic E-state index is 11.5. The first-order valence-electron chi connectivity index (χ1n) is 6.18. The van der Waals surface area contributed by atoms with Crippen LogP contribution in [0.3, 0.4) is 0 Å². The van der Waals surface area contributed by atoms with Crippen molar-refractivity contribution in [3.63, 3.8) is 0 Å². The second-order valence-electron chi connectivity index (χ2n) is 4.63. The number of nitrogens with zero attached hydrogens (tertiary/aromatic N) is 4. The van der Waals surface area contributed by atoms with Crippen molar-refractivity contribution in [3.05, 3.63) is 28.4 Å². The van der Waals surface area contributed by atoms with Gasteiger partial charge in [-0.2, -0.15) is 0 Å². The van der Waals surface area contributed by atoms with E-state index in [0.717, 1.165) is 0 Å². The highest BCUT2D eigenvalue weighted by Gasteiger charge is 2.22. The van der Waals surface area contributed by atoms with Gasteiger partial charge in [-0.3, -0.25) is 10.1 Å². The molecule has 9 heteroatoms. The van der Waals surface area contributed by atoms with Crippen molar-refractivity contribution in [2.24, 2.45) is 0 Å². The summed E-state index contributed by atoms with van der Waals surface area (Å²) in [6.45, 7) is 2.09. The van der Waals surface area contributed by atoms with E-state index < -0.39 is 14.9 Å². The molecule has 0 amide bonds. The van der Waals surface area contributed by atoms with Gasteiger partial charge in [-0.1, -0.05) is 0 Å². The molecule has 1 saturated heterocycles. The molecular weight excluding hydrogens is 284 g/mol. The highest BCUT2D eigenvalue weighted by atomic mass is 32.2. The zero-order chi connectivity index (χ0) is 14.8. The van der Waals surface area contributed by atoms with Crippen LogP contribution in [0.1, 0.15) is 6.42 Å². The molecule has 0 bridgehead atoms. The minimum Gasteiger partial charge on any atom is -0.355 e. The van der Waals surface area contributed by atoms with E-state index in [2.05, 4.69) is 4.98 Å². The molecule has 110 valence electrons. The van der Waals surface area contributed by atoms with E-state index in [9.17, 15) is 18.5 Å². The monoisotopic (exact) mass is 300 g/mol. The van der Waals surface area contributed by atoms with Gasteiger partial charge in [-0.15, -0.1) is 0 Å². The standard InChI is InChI=1S/C11H16N4O4S/c1-20(18,19)14-6-2-5-13(7-8-14)11-4-3-10(9-12-11)15(16)17/h3-4,9H,2,5-8H2,1H3. The van der Waals surface area contributed by atoms with Crippen LogP contribution in [-0.4, -0.2) is 55.1 Å². The molecule has 1 aromatic heterocycles. The van der Waals surface area contributed by atoms with E-state index in [1.807, 2.05) is 4.90 Å². The van der Waals surface area contributed by atoms with E-state index in [4.69, 9.17) is 0 Å². The Bertz CT molecular complexity index is 587. The van der Waals surface area contributed by atoms with Crippen molar-refractivity contribution in [2.45, 2.75) is 6.42 Å². The SMILES string of the molecule is CS(=O)(=O)N1CCCN(c2ccc([N+](=O)[O-])cn2)CC1. The molecule has 8 nitrogen and oxygen atoms in total. The number of nitro groups is 1. The number of anilines is 1. The van der Waals surface area contributed by atoms with Gasteiger partial charge in [0, 0.05) is 32.2 Å². The fraction of sp³-hybridized carbons (Fsp3) is 0.545. The molecule has 2 rings (SSSR count). The number of rotatable bonds is 3. The van der Waals surface area contributed by atoms with Crippen LogP contribution < -0.4 is 4.90 Å². The van der Waals surface area contributed by atoms with Crippen LogP contribution in [-0.2, 0) is 10.0 Å². The van der Waals surface area contributed by atoms with Gasteiger partial charge in [-0.25, -0.2) is 17.7 Å². The molecule has 0 saturated carbocycles. The van der Waals surface area contributed by atoms with Crippen LogP contribution in [0.5, 0.6) is 0 Å². The van der Waals surface area contributed by atoms with Crippen molar-refractivity contribution >= 4 is 21.5 Å². The van der Waals surface area contributed by atoms with Crippen LogP contribution in [0.2, 0.25) is 0 Å². The average molecular weight is 300 g/mol. The molecule has 20 heavy (non-hydrogen) atoms. The highest BCUT2D eigenvalue weighted by molar-refractivity contribution is 7.88. The number of pyridine rings is 1. The molecule has 1 fully saturated rings. The summed E-state index contributed by atoms with van der Waals surface area (Å²) in [5, 5.41) is 10.6. The van der Waals surface area contributed by atoms with Crippen LogP contribution in [0, 0.1) is 10.1 Å².